The molecule has 0 saturated carbocycles. The van der Waals surface area contributed by atoms with Crippen LogP contribution in [-0.2, 0) is 16.6 Å². The number of hydrogen-bond donors (Lipinski definition) is 1. The molecule has 174 valence electrons. The first kappa shape index (κ1) is 24.0. The molecule has 0 aliphatic carbocycles. The monoisotopic (exact) mass is 449 g/mol. The molecule has 2 aliphatic heterocycles. The summed E-state index contributed by atoms with van der Waals surface area (Å²) in [5, 5.41) is 3.30. The Morgan fingerprint density at radius 2 is 1.90 bits per heavy atom. The molecule has 2 aliphatic rings. The third kappa shape index (κ3) is 6.20. The highest BCUT2D eigenvalue weighted by Gasteiger charge is 2.36. The van der Waals surface area contributed by atoms with Crippen LogP contribution in [0, 0.1) is 5.92 Å². The van der Waals surface area contributed by atoms with Gasteiger partial charge in [-0.15, -0.1) is 0 Å². The first-order valence-electron chi connectivity index (χ1n) is 11.7. The average molecular weight is 450 g/mol. The molecular weight excluding hydrogens is 410 g/mol. The third-order valence-corrected chi connectivity index (χ3v) is 8.69. The van der Waals surface area contributed by atoms with Crippen molar-refractivity contribution in [3.8, 4) is 0 Å². The van der Waals surface area contributed by atoms with Crippen molar-refractivity contribution < 1.29 is 8.42 Å². The fourth-order valence-electron chi connectivity index (χ4n) is 5.08. The highest BCUT2D eigenvalue weighted by Crippen LogP contribution is 2.31. The molecule has 7 nitrogen and oxygen atoms in total. The van der Waals surface area contributed by atoms with Crippen molar-refractivity contribution in [3.63, 3.8) is 0 Å². The summed E-state index contributed by atoms with van der Waals surface area (Å²) in [5.41, 5.74) is 1.39. The van der Waals surface area contributed by atoms with Crippen LogP contribution in [0.4, 0.5) is 0 Å². The quantitative estimate of drug-likeness (QED) is 0.487. The Hall–Kier alpha value is -1.64. The number of fused-ring (bicyclic) bond motifs is 1. The number of aliphatic imine (C=N–C) groups is 1. The molecule has 2 atom stereocenters. The number of likely N-dealkylation sites (tertiary alicyclic amines) is 2. The van der Waals surface area contributed by atoms with Gasteiger partial charge in [0.15, 0.2) is 5.96 Å². The van der Waals surface area contributed by atoms with Crippen LogP contribution in [0.1, 0.15) is 38.7 Å². The normalized spacial score (nSPS) is 23.1. The van der Waals surface area contributed by atoms with Crippen LogP contribution < -0.4 is 5.32 Å². The Morgan fingerprint density at radius 1 is 1.16 bits per heavy atom. The Bertz CT molecular complexity index is 811. The molecule has 1 aromatic rings. The van der Waals surface area contributed by atoms with Crippen LogP contribution in [0.5, 0.6) is 0 Å². The number of guanidine groups is 1. The minimum Gasteiger partial charge on any atom is -0.355 e. The minimum absolute atomic E-state index is 0.0957. The van der Waals surface area contributed by atoms with Gasteiger partial charge in [0.1, 0.15) is 0 Å². The van der Waals surface area contributed by atoms with Crippen molar-refractivity contribution in [2.75, 3.05) is 52.1 Å². The Kier molecular flexibility index (Phi) is 8.75. The number of hydrogen-bond acceptors (Lipinski definition) is 4. The Labute approximate surface area is 188 Å². The Balaban J connectivity index is 1.54. The van der Waals surface area contributed by atoms with E-state index in [9.17, 15) is 8.42 Å². The lowest BCUT2D eigenvalue weighted by atomic mass is 9.83. The zero-order valence-electron chi connectivity index (χ0n) is 19.3. The molecule has 0 bridgehead atoms. The SMILES string of the molecule is CCN(CC)S(=O)(=O)CCNC(=NC)N1CCC2C(CCCN2Cc2ccccc2)C1. The van der Waals surface area contributed by atoms with Crippen LogP contribution in [0.25, 0.3) is 0 Å². The topological polar surface area (TPSA) is 68.2 Å². The summed E-state index contributed by atoms with van der Waals surface area (Å²) in [7, 11) is -1.43. The number of piperidine rings is 2. The van der Waals surface area contributed by atoms with Gasteiger partial charge in [-0.3, -0.25) is 9.89 Å². The van der Waals surface area contributed by atoms with E-state index in [2.05, 4.69) is 50.4 Å². The van der Waals surface area contributed by atoms with Crippen molar-refractivity contribution in [1.29, 1.82) is 0 Å². The summed E-state index contributed by atoms with van der Waals surface area (Å²) in [5.74, 6) is 1.55. The maximum absolute atomic E-state index is 12.4. The van der Waals surface area contributed by atoms with Crippen LogP contribution in [-0.4, -0.2) is 86.6 Å². The van der Waals surface area contributed by atoms with Gasteiger partial charge in [-0.1, -0.05) is 44.2 Å². The van der Waals surface area contributed by atoms with Gasteiger partial charge in [0.2, 0.25) is 10.0 Å². The average Bonchev–Trinajstić information content (AvgIpc) is 2.78. The van der Waals surface area contributed by atoms with Crippen LogP contribution in [0.2, 0.25) is 0 Å². The zero-order chi connectivity index (χ0) is 22.3. The van der Waals surface area contributed by atoms with Crippen molar-refractivity contribution in [3.05, 3.63) is 35.9 Å². The highest BCUT2D eigenvalue weighted by molar-refractivity contribution is 7.89. The number of benzene rings is 1. The fourth-order valence-corrected chi connectivity index (χ4v) is 6.49. The summed E-state index contributed by atoms with van der Waals surface area (Å²) in [4.78, 5) is 9.43. The molecule has 31 heavy (non-hydrogen) atoms. The fraction of sp³-hybridized carbons (Fsp3) is 0.696. The predicted octanol–water partition coefficient (Wildman–Crippen LogP) is 2.22. The van der Waals surface area contributed by atoms with Gasteiger partial charge < -0.3 is 10.2 Å². The van der Waals surface area contributed by atoms with Crippen molar-refractivity contribution in [2.24, 2.45) is 10.9 Å². The molecule has 2 saturated heterocycles. The first-order chi connectivity index (χ1) is 15.0. The van der Waals surface area contributed by atoms with Gasteiger partial charge in [0, 0.05) is 52.4 Å². The molecule has 2 unspecified atom stereocenters. The smallest absolute Gasteiger partial charge is 0.215 e. The third-order valence-electron chi connectivity index (χ3n) is 6.66. The molecule has 0 radical (unpaired) electrons. The number of rotatable bonds is 8. The first-order valence-corrected chi connectivity index (χ1v) is 13.3. The maximum atomic E-state index is 12.4. The second-order valence-corrected chi connectivity index (χ2v) is 10.6. The van der Waals surface area contributed by atoms with Gasteiger partial charge in [0.25, 0.3) is 0 Å². The van der Waals surface area contributed by atoms with Crippen molar-refractivity contribution in [1.82, 2.24) is 19.4 Å². The minimum atomic E-state index is -3.22. The van der Waals surface area contributed by atoms with E-state index in [0.29, 0.717) is 31.6 Å². The van der Waals surface area contributed by atoms with E-state index < -0.39 is 10.0 Å². The standard InChI is InChI=1S/C23H39N5O2S/c1-4-28(5-2)31(29,30)17-14-25-23(24-3)27-16-13-22-21(19-27)12-9-15-26(22)18-20-10-7-6-8-11-20/h6-8,10-11,21-22H,4-5,9,12-19H2,1-3H3,(H,24,25). The maximum Gasteiger partial charge on any atom is 0.215 e. The van der Waals surface area contributed by atoms with E-state index in [1.54, 1.807) is 7.05 Å². The molecule has 1 aromatic carbocycles. The van der Waals surface area contributed by atoms with E-state index in [1.807, 2.05) is 13.8 Å². The van der Waals surface area contributed by atoms with E-state index in [-0.39, 0.29) is 5.75 Å². The molecule has 0 spiro atoms. The molecule has 0 aromatic heterocycles. The molecule has 2 fully saturated rings. The lowest BCUT2D eigenvalue weighted by molar-refractivity contribution is 0.0373. The molecule has 8 heteroatoms. The summed E-state index contributed by atoms with van der Waals surface area (Å²) >= 11 is 0. The highest BCUT2D eigenvalue weighted by atomic mass is 32.2. The molecular formula is C23H39N5O2S. The predicted molar refractivity (Wildman–Crippen MR) is 128 cm³/mol. The van der Waals surface area contributed by atoms with Crippen molar-refractivity contribution >= 4 is 16.0 Å². The van der Waals surface area contributed by atoms with Gasteiger partial charge in [-0.2, -0.15) is 0 Å². The zero-order valence-corrected chi connectivity index (χ0v) is 20.1. The van der Waals surface area contributed by atoms with E-state index in [4.69, 9.17) is 0 Å². The lowest BCUT2D eigenvalue weighted by Gasteiger charge is -2.48. The van der Waals surface area contributed by atoms with E-state index in [0.717, 1.165) is 32.0 Å². The summed E-state index contributed by atoms with van der Waals surface area (Å²) in [6.45, 7) is 9.31. The van der Waals surface area contributed by atoms with Crippen LogP contribution >= 0.6 is 0 Å². The van der Waals surface area contributed by atoms with Gasteiger partial charge in [0.05, 0.1) is 5.75 Å². The molecule has 2 heterocycles. The van der Waals surface area contributed by atoms with E-state index in [1.165, 1.54) is 29.3 Å². The number of sulfonamides is 1. The second-order valence-electron chi connectivity index (χ2n) is 8.53. The Morgan fingerprint density at radius 3 is 2.58 bits per heavy atom. The van der Waals surface area contributed by atoms with Gasteiger partial charge in [-0.05, 0) is 37.3 Å². The number of nitrogens with zero attached hydrogens (tertiary/aromatic N) is 4. The molecule has 3 rings (SSSR count). The molecule has 1 N–H and O–H groups in total. The summed E-state index contributed by atoms with van der Waals surface area (Å²) in [6, 6.07) is 11.4. The largest absolute Gasteiger partial charge is 0.355 e. The summed E-state index contributed by atoms with van der Waals surface area (Å²) < 4.78 is 26.4. The second kappa shape index (κ2) is 11.3. The van der Waals surface area contributed by atoms with Gasteiger partial charge >= 0.3 is 0 Å². The molecule has 0 amide bonds. The lowest BCUT2D eigenvalue weighted by Crippen LogP contribution is -2.57. The van der Waals surface area contributed by atoms with Gasteiger partial charge in [-0.25, -0.2) is 12.7 Å². The number of nitrogens with one attached hydrogen (secondary N) is 1. The van der Waals surface area contributed by atoms with Crippen LogP contribution in [0.3, 0.4) is 0 Å². The van der Waals surface area contributed by atoms with Crippen molar-refractivity contribution in [2.45, 2.75) is 45.7 Å². The summed E-state index contributed by atoms with van der Waals surface area (Å²) in [6.07, 6.45) is 3.60. The van der Waals surface area contributed by atoms with E-state index >= 15 is 0 Å². The van der Waals surface area contributed by atoms with Crippen LogP contribution in [0.15, 0.2) is 35.3 Å².